The number of anilines is 2. The van der Waals surface area contributed by atoms with Gasteiger partial charge in [0, 0.05) is 11.9 Å². The third kappa shape index (κ3) is 4.60. The Bertz CT molecular complexity index is 1510. The summed E-state index contributed by atoms with van der Waals surface area (Å²) in [5.41, 5.74) is 5.10. The predicted molar refractivity (Wildman–Crippen MR) is 123 cm³/mol. The van der Waals surface area contributed by atoms with E-state index in [9.17, 15) is 27.2 Å². The van der Waals surface area contributed by atoms with Crippen molar-refractivity contribution in [2.24, 2.45) is 5.73 Å². The van der Waals surface area contributed by atoms with E-state index in [1.54, 1.807) is 12.1 Å². The van der Waals surface area contributed by atoms with Gasteiger partial charge in [0.2, 0.25) is 5.82 Å². The zero-order valence-electron chi connectivity index (χ0n) is 18.5. The highest BCUT2D eigenvalue weighted by atomic mass is 19.2. The Labute approximate surface area is 201 Å². The lowest BCUT2D eigenvalue weighted by molar-refractivity contribution is 0.0998. The van der Waals surface area contributed by atoms with Crippen molar-refractivity contribution in [1.82, 2.24) is 9.97 Å². The molecule has 0 saturated carbocycles. The summed E-state index contributed by atoms with van der Waals surface area (Å²) >= 11 is 0. The Morgan fingerprint density at radius 2 is 1.75 bits per heavy atom. The summed E-state index contributed by atoms with van der Waals surface area (Å²) in [4.78, 5) is 32.4. The molecule has 1 aromatic heterocycles. The number of aromatic nitrogens is 2. The van der Waals surface area contributed by atoms with Crippen molar-refractivity contribution in [3.8, 4) is 5.75 Å². The fourth-order valence-corrected chi connectivity index (χ4v) is 3.51. The van der Waals surface area contributed by atoms with Gasteiger partial charge in [0.15, 0.2) is 17.4 Å². The van der Waals surface area contributed by atoms with E-state index in [1.807, 2.05) is 0 Å². The number of benzene rings is 3. The van der Waals surface area contributed by atoms with Crippen LogP contribution in [0.4, 0.5) is 29.1 Å². The minimum Gasteiger partial charge on any atom is -0.491 e. The molecule has 0 radical (unpaired) electrons. The first kappa shape index (κ1) is 24.4. The first-order chi connectivity index (χ1) is 17.2. The van der Waals surface area contributed by atoms with E-state index in [0.29, 0.717) is 28.4 Å². The number of carbonyl (C=O) groups excluding carboxylic acids is 2. The molecule has 0 aliphatic carbocycles. The van der Waals surface area contributed by atoms with Crippen LogP contribution < -0.4 is 21.1 Å². The lowest BCUT2D eigenvalue weighted by Crippen LogP contribution is -2.17. The largest absolute Gasteiger partial charge is 0.491 e. The lowest BCUT2D eigenvalue weighted by atomic mass is 10.1. The molecule has 4 aromatic rings. The number of rotatable bonds is 7. The monoisotopic (exact) mass is 499 g/mol. The van der Waals surface area contributed by atoms with Gasteiger partial charge in [0.1, 0.15) is 18.0 Å². The average Bonchev–Trinajstić information content (AvgIpc) is 2.86. The summed E-state index contributed by atoms with van der Waals surface area (Å²) in [6, 6.07) is 9.02. The number of para-hydroxylation sites is 1. The second kappa shape index (κ2) is 9.86. The van der Waals surface area contributed by atoms with E-state index in [-0.39, 0.29) is 17.8 Å². The normalized spacial score (nSPS) is 10.8. The van der Waals surface area contributed by atoms with Crippen molar-refractivity contribution in [2.45, 2.75) is 6.54 Å². The zero-order chi connectivity index (χ0) is 26.0. The summed E-state index contributed by atoms with van der Waals surface area (Å²) in [5.74, 6) is -8.02. The van der Waals surface area contributed by atoms with Gasteiger partial charge in [-0.15, -0.1) is 0 Å². The third-order valence-electron chi connectivity index (χ3n) is 5.23. The number of carbonyl (C=O) groups is 2. The summed E-state index contributed by atoms with van der Waals surface area (Å²) in [6.07, 6.45) is 1.25. The summed E-state index contributed by atoms with van der Waals surface area (Å²) in [5, 5.41) is 5.66. The van der Waals surface area contributed by atoms with Crippen molar-refractivity contribution in [3.05, 3.63) is 88.8 Å². The van der Waals surface area contributed by atoms with Crippen LogP contribution in [0.1, 0.15) is 26.3 Å². The van der Waals surface area contributed by atoms with Gasteiger partial charge in [-0.1, -0.05) is 12.1 Å². The molecule has 0 spiro atoms. The molecule has 0 atom stereocenters. The highest BCUT2D eigenvalue weighted by molar-refractivity contribution is 6.07. The van der Waals surface area contributed by atoms with E-state index in [0.717, 1.165) is 13.2 Å². The first-order valence-electron chi connectivity index (χ1n) is 10.3. The van der Waals surface area contributed by atoms with Gasteiger partial charge in [0.25, 0.3) is 11.8 Å². The quantitative estimate of drug-likeness (QED) is 0.260. The van der Waals surface area contributed by atoms with Crippen LogP contribution >= 0.6 is 0 Å². The fourth-order valence-electron chi connectivity index (χ4n) is 3.51. The van der Waals surface area contributed by atoms with E-state index in [2.05, 4.69) is 25.3 Å². The van der Waals surface area contributed by atoms with Gasteiger partial charge in [0.05, 0.1) is 29.4 Å². The smallest absolute Gasteiger partial charge is 0.258 e. The molecule has 0 fully saturated rings. The van der Waals surface area contributed by atoms with Gasteiger partial charge in [-0.05, 0) is 35.9 Å². The number of primary amides is 1. The Kier molecular flexibility index (Phi) is 6.68. The van der Waals surface area contributed by atoms with Crippen molar-refractivity contribution in [3.63, 3.8) is 0 Å². The number of nitrogens with one attached hydrogen (secondary N) is 2. The Balaban J connectivity index is 1.57. The molecule has 12 heteroatoms. The molecular formula is C24H17F4N5O3. The number of amides is 2. The average molecular weight is 499 g/mol. The molecule has 4 rings (SSSR count). The van der Waals surface area contributed by atoms with Crippen LogP contribution in [0.15, 0.2) is 48.8 Å². The Morgan fingerprint density at radius 3 is 2.47 bits per heavy atom. The van der Waals surface area contributed by atoms with Crippen molar-refractivity contribution in [1.29, 1.82) is 0 Å². The van der Waals surface area contributed by atoms with Crippen LogP contribution in [-0.4, -0.2) is 28.9 Å². The highest BCUT2D eigenvalue weighted by Gasteiger charge is 2.24. The summed E-state index contributed by atoms with van der Waals surface area (Å²) < 4.78 is 61.0. The number of hydrogen-bond donors (Lipinski definition) is 3. The van der Waals surface area contributed by atoms with Gasteiger partial charge in [-0.25, -0.2) is 23.1 Å². The fraction of sp³-hybridized carbons (Fsp3) is 0.0833. The second-order valence-corrected chi connectivity index (χ2v) is 7.48. The molecule has 0 aliphatic heterocycles. The minimum atomic E-state index is -1.68. The summed E-state index contributed by atoms with van der Waals surface area (Å²) in [7, 11) is 0.941. The Hall–Kier alpha value is -4.74. The van der Waals surface area contributed by atoms with Crippen LogP contribution in [0.2, 0.25) is 0 Å². The van der Waals surface area contributed by atoms with Gasteiger partial charge in [-0.3, -0.25) is 9.59 Å². The minimum absolute atomic E-state index is 0.0935. The zero-order valence-corrected chi connectivity index (χ0v) is 18.5. The summed E-state index contributed by atoms with van der Waals surface area (Å²) in [6.45, 7) is 0.0935. The molecule has 0 unspecified atom stereocenters. The number of nitrogens with two attached hydrogens (primary N) is 1. The van der Waals surface area contributed by atoms with Crippen LogP contribution in [0.25, 0.3) is 10.9 Å². The lowest BCUT2D eigenvalue weighted by Gasteiger charge is -2.13. The molecule has 0 saturated heterocycles. The number of nitrogens with zero attached hydrogens (tertiary/aromatic N) is 2. The van der Waals surface area contributed by atoms with E-state index in [4.69, 9.17) is 5.73 Å². The number of fused-ring (bicyclic) bond motifs is 1. The molecule has 0 bridgehead atoms. The van der Waals surface area contributed by atoms with Crippen LogP contribution in [0.5, 0.6) is 5.75 Å². The van der Waals surface area contributed by atoms with Crippen LogP contribution in [0.3, 0.4) is 0 Å². The van der Waals surface area contributed by atoms with Crippen LogP contribution in [-0.2, 0) is 6.54 Å². The molecular weight excluding hydrogens is 482 g/mol. The van der Waals surface area contributed by atoms with Crippen molar-refractivity contribution >= 4 is 34.2 Å². The standard InChI is InChI=1S/C24H17F4N5O3/c1-36-21-16(26)8-14(18(27)19(21)28)24(35)33-17-7-11(5-6-15(17)25)9-30-23-13-4-2-3-12(22(29)34)20(13)31-10-32-23/h2-8,10H,9H2,1H3,(H2,29,34)(H,33,35)(H,30,31,32). The SMILES string of the molecule is COc1c(F)cc(C(=O)Nc2cc(CNc3ncnc4c(C(N)=O)cccc34)ccc2F)c(F)c1F. The third-order valence-corrected chi connectivity index (χ3v) is 5.23. The Morgan fingerprint density at radius 1 is 0.972 bits per heavy atom. The molecule has 1 heterocycles. The molecule has 0 aliphatic rings. The van der Waals surface area contributed by atoms with E-state index >= 15 is 0 Å². The number of ether oxygens (including phenoxy) is 1. The van der Waals surface area contributed by atoms with Crippen molar-refractivity contribution < 1.29 is 31.9 Å². The molecule has 184 valence electrons. The second-order valence-electron chi connectivity index (χ2n) is 7.48. The maximum atomic E-state index is 14.4. The molecule has 2 amide bonds. The number of halogens is 4. The van der Waals surface area contributed by atoms with Gasteiger partial charge >= 0.3 is 0 Å². The number of methoxy groups -OCH3 is 1. The van der Waals surface area contributed by atoms with E-state index in [1.165, 1.54) is 24.5 Å². The van der Waals surface area contributed by atoms with Gasteiger partial charge < -0.3 is 21.1 Å². The topological polar surface area (TPSA) is 119 Å². The predicted octanol–water partition coefficient (Wildman–Crippen LogP) is 4.16. The van der Waals surface area contributed by atoms with Crippen molar-refractivity contribution in [2.75, 3.05) is 17.7 Å². The molecule has 36 heavy (non-hydrogen) atoms. The molecule has 3 aromatic carbocycles. The maximum Gasteiger partial charge on any atom is 0.258 e. The van der Waals surface area contributed by atoms with E-state index < -0.39 is 46.4 Å². The molecule has 8 nitrogen and oxygen atoms in total. The maximum absolute atomic E-state index is 14.4. The van der Waals surface area contributed by atoms with Crippen LogP contribution in [0, 0.1) is 23.3 Å². The first-order valence-corrected chi connectivity index (χ1v) is 10.3. The van der Waals surface area contributed by atoms with Gasteiger partial charge in [-0.2, -0.15) is 4.39 Å². The number of hydrogen-bond acceptors (Lipinski definition) is 6. The highest BCUT2D eigenvalue weighted by Crippen LogP contribution is 2.28. The molecule has 4 N–H and O–H groups in total.